The lowest BCUT2D eigenvalue weighted by Crippen LogP contribution is -2.35. The van der Waals surface area contributed by atoms with Gasteiger partial charge in [-0.1, -0.05) is 6.07 Å². The van der Waals surface area contributed by atoms with Crippen molar-refractivity contribution in [2.45, 2.75) is 6.18 Å². The molecule has 0 aliphatic rings. The number of halogens is 3. The molecule has 4 nitrogen and oxygen atoms in total. The van der Waals surface area contributed by atoms with E-state index in [1.165, 1.54) is 24.1 Å². The number of primary amides is 1. The molecule has 0 saturated heterocycles. The molecule has 0 radical (unpaired) electrons. The van der Waals surface area contributed by atoms with E-state index in [9.17, 15) is 18.0 Å². The number of hydrogen-bond acceptors (Lipinski definition) is 2. The molecule has 2 amide bonds. The highest BCUT2D eigenvalue weighted by molar-refractivity contribution is 5.71. The van der Waals surface area contributed by atoms with Gasteiger partial charge in [0.1, 0.15) is 12.4 Å². The molecule has 1 aromatic rings. The molecule has 0 saturated carbocycles. The smallest absolute Gasteiger partial charge is 0.416 e. The summed E-state index contributed by atoms with van der Waals surface area (Å²) in [7, 11) is 1.47. The van der Waals surface area contributed by atoms with E-state index >= 15 is 0 Å². The largest absolute Gasteiger partial charge is 0.492 e. The number of amides is 2. The molecule has 1 aromatic carbocycles. The molecule has 0 aromatic heterocycles. The van der Waals surface area contributed by atoms with Crippen LogP contribution < -0.4 is 10.5 Å². The summed E-state index contributed by atoms with van der Waals surface area (Å²) in [6.45, 7) is 0.270. The number of likely N-dealkylation sites (N-methyl/N-ethyl adjacent to an activating group) is 1. The number of benzene rings is 1. The zero-order valence-corrected chi connectivity index (χ0v) is 9.70. The Morgan fingerprint density at radius 2 is 2.11 bits per heavy atom. The number of carbonyl (C=O) groups is 1. The minimum atomic E-state index is -4.40. The molecule has 18 heavy (non-hydrogen) atoms. The van der Waals surface area contributed by atoms with Crippen LogP contribution in [0.15, 0.2) is 24.3 Å². The molecule has 0 aliphatic heterocycles. The summed E-state index contributed by atoms with van der Waals surface area (Å²) >= 11 is 0. The van der Waals surface area contributed by atoms with Gasteiger partial charge < -0.3 is 15.4 Å². The summed E-state index contributed by atoms with van der Waals surface area (Å²) in [4.78, 5) is 11.9. The number of alkyl halides is 3. The topological polar surface area (TPSA) is 55.6 Å². The number of carbonyl (C=O) groups excluding carboxylic acids is 1. The first-order chi connectivity index (χ1) is 8.30. The zero-order chi connectivity index (χ0) is 13.8. The fourth-order valence-electron chi connectivity index (χ4n) is 1.17. The Morgan fingerprint density at radius 3 is 2.67 bits per heavy atom. The monoisotopic (exact) mass is 262 g/mol. The number of hydrogen-bond donors (Lipinski definition) is 1. The van der Waals surface area contributed by atoms with Gasteiger partial charge in [0.05, 0.1) is 12.1 Å². The van der Waals surface area contributed by atoms with E-state index in [-0.39, 0.29) is 18.9 Å². The summed E-state index contributed by atoms with van der Waals surface area (Å²) in [5, 5.41) is 0. The molecule has 0 unspecified atom stereocenters. The molecule has 0 atom stereocenters. The number of ether oxygens (including phenoxy) is 1. The highest BCUT2D eigenvalue weighted by atomic mass is 19.4. The van der Waals surface area contributed by atoms with Gasteiger partial charge in [0, 0.05) is 7.05 Å². The minimum absolute atomic E-state index is 0.0702. The van der Waals surface area contributed by atoms with E-state index in [1.807, 2.05) is 0 Å². The lowest BCUT2D eigenvalue weighted by molar-refractivity contribution is -0.137. The Balaban J connectivity index is 2.56. The summed E-state index contributed by atoms with van der Waals surface area (Å²) in [5.41, 5.74) is 4.20. The van der Waals surface area contributed by atoms with E-state index in [0.717, 1.165) is 12.1 Å². The number of nitrogens with two attached hydrogens (primary N) is 1. The van der Waals surface area contributed by atoms with Crippen molar-refractivity contribution >= 4 is 6.03 Å². The molecule has 2 N–H and O–H groups in total. The van der Waals surface area contributed by atoms with Gasteiger partial charge in [-0.25, -0.2) is 4.79 Å². The average Bonchev–Trinajstić information content (AvgIpc) is 2.28. The van der Waals surface area contributed by atoms with Crippen LogP contribution in [-0.4, -0.2) is 31.1 Å². The lowest BCUT2D eigenvalue weighted by atomic mass is 10.2. The van der Waals surface area contributed by atoms with Gasteiger partial charge in [0.15, 0.2) is 0 Å². The number of urea groups is 1. The second-order valence-corrected chi connectivity index (χ2v) is 3.63. The van der Waals surface area contributed by atoms with Crippen LogP contribution in [0.1, 0.15) is 5.56 Å². The van der Waals surface area contributed by atoms with Crippen molar-refractivity contribution in [3.8, 4) is 5.75 Å². The van der Waals surface area contributed by atoms with Gasteiger partial charge in [-0.2, -0.15) is 13.2 Å². The van der Waals surface area contributed by atoms with Crippen molar-refractivity contribution in [1.82, 2.24) is 4.90 Å². The molecule has 100 valence electrons. The maximum atomic E-state index is 12.4. The Kier molecular flexibility index (Phi) is 4.41. The van der Waals surface area contributed by atoms with Crippen molar-refractivity contribution in [2.24, 2.45) is 5.73 Å². The maximum Gasteiger partial charge on any atom is 0.416 e. The van der Waals surface area contributed by atoms with E-state index < -0.39 is 17.8 Å². The van der Waals surface area contributed by atoms with Crippen LogP contribution in [0, 0.1) is 0 Å². The summed E-state index contributed by atoms with van der Waals surface area (Å²) in [6.07, 6.45) is -4.40. The molecule has 1 rings (SSSR count). The highest BCUT2D eigenvalue weighted by Gasteiger charge is 2.30. The van der Waals surface area contributed by atoms with Crippen molar-refractivity contribution in [3.05, 3.63) is 29.8 Å². The van der Waals surface area contributed by atoms with Crippen molar-refractivity contribution in [3.63, 3.8) is 0 Å². The van der Waals surface area contributed by atoms with Crippen LogP contribution in [0.4, 0.5) is 18.0 Å². The van der Waals surface area contributed by atoms with Gasteiger partial charge in [0.2, 0.25) is 0 Å². The molecular formula is C11H13F3N2O2. The zero-order valence-electron chi connectivity index (χ0n) is 9.70. The fourth-order valence-corrected chi connectivity index (χ4v) is 1.17. The van der Waals surface area contributed by atoms with Gasteiger partial charge in [-0.05, 0) is 18.2 Å². The highest BCUT2D eigenvalue weighted by Crippen LogP contribution is 2.31. The first-order valence-electron chi connectivity index (χ1n) is 5.11. The second kappa shape index (κ2) is 5.61. The molecule has 0 bridgehead atoms. The third kappa shape index (κ3) is 4.15. The molecule has 0 fully saturated rings. The Bertz CT molecular complexity index is 421. The third-order valence-corrected chi connectivity index (χ3v) is 2.23. The van der Waals surface area contributed by atoms with Gasteiger partial charge in [0.25, 0.3) is 0 Å². The van der Waals surface area contributed by atoms with Crippen molar-refractivity contribution in [1.29, 1.82) is 0 Å². The van der Waals surface area contributed by atoms with Crippen molar-refractivity contribution in [2.75, 3.05) is 20.2 Å². The first-order valence-corrected chi connectivity index (χ1v) is 5.11. The Hall–Kier alpha value is -1.92. The van der Waals surface area contributed by atoms with E-state index in [0.29, 0.717) is 0 Å². The van der Waals surface area contributed by atoms with Crippen LogP contribution in [0.25, 0.3) is 0 Å². The number of rotatable bonds is 4. The average molecular weight is 262 g/mol. The SMILES string of the molecule is CN(CCOc1cccc(C(F)(F)F)c1)C(N)=O. The molecule has 0 spiro atoms. The lowest BCUT2D eigenvalue weighted by Gasteiger charge is -2.15. The normalized spacial score (nSPS) is 11.1. The standard InChI is InChI=1S/C11H13F3N2O2/c1-16(10(15)17)5-6-18-9-4-2-3-8(7-9)11(12,13)14/h2-4,7H,5-6H2,1H3,(H2,15,17). The predicted octanol–water partition coefficient (Wildman–Crippen LogP) is 2.09. The van der Waals surface area contributed by atoms with Crippen LogP contribution in [0.3, 0.4) is 0 Å². The Labute approximate surface area is 102 Å². The van der Waals surface area contributed by atoms with Crippen LogP contribution in [0.5, 0.6) is 5.75 Å². The quantitative estimate of drug-likeness (QED) is 0.903. The van der Waals surface area contributed by atoms with Gasteiger partial charge >= 0.3 is 12.2 Å². The van der Waals surface area contributed by atoms with Crippen molar-refractivity contribution < 1.29 is 22.7 Å². The second-order valence-electron chi connectivity index (χ2n) is 3.63. The van der Waals surface area contributed by atoms with E-state index in [4.69, 9.17) is 10.5 Å². The van der Waals surface area contributed by atoms with Gasteiger partial charge in [-0.3, -0.25) is 0 Å². The van der Waals surface area contributed by atoms with Gasteiger partial charge in [-0.15, -0.1) is 0 Å². The molecular weight excluding hydrogens is 249 g/mol. The number of nitrogens with zero attached hydrogens (tertiary/aromatic N) is 1. The molecule has 0 heterocycles. The minimum Gasteiger partial charge on any atom is -0.492 e. The predicted molar refractivity (Wildman–Crippen MR) is 59.2 cm³/mol. The third-order valence-electron chi connectivity index (χ3n) is 2.23. The Morgan fingerprint density at radius 1 is 1.44 bits per heavy atom. The van der Waals surface area contributed by atoms with Crippen LogP contribution in [0.2, 0.25) is 0 Å². The fraction of sp³-hybridized carbons (Fsp3) is 0.364. The maximum absolute atomic E-state index is 12.4. The summed E-state index contributed by atoms with van der Waals surface area (Å²) < 4.78 is 42.3. The summed E-state index contributed by atoms with van der Waals surface area (Å²) in [5.74, 6) is 0.0997. The molecule has 7 heteroatoms. The summed E-state index contributed by atoms with van der Waals surface area (Å²) in [6, 6.07) is 3.92. The molecule has 0 aliphatic carbocycles. The van der Waals surface area contributed by atoms with Crippen LogP contribution in [-0.2, 0) is 6.18 Å². The van der Waals surface area contributed by atoms with Crippen LogP contribution >= 0.6 is 0 Å². The van der Waals surface area contributed by atoms with E-state index in [1.54, 1.807) is 0 Å². The first kappa shape index (κ1) is 14.1. The van der Waals surface area contributed by atoms with E-state index in [2.05, 4.69) is 0 Å².